The third kappa shape index (κ3) is 1.13. The van der Waals surface area contributed by atoms with Crippen LogP contribution in [0, 0.1) is 11.8 Å². The summed E-state index contributed by atoms with van der Waals surface area (Å²) in [6, 6.07) is 0. The standard InChI is InChI=1S/C12H15NO3/c1-12(2)6-16-11-9-5-7(14)3-4-8(9)10(15)13(11)12/h3-4,8-9,11H,5-6H2,1-2H3/t8-,9+,11-/m1/s1/i8D. The summed E-state index contributed by atoms with van der Waals surface area (Å²) >= 11 is 0. The van der Waals surface area contributed by atoms with Gasteiger partial charge in [-0.15, -0.1) is 0 Å². The monoisotopic (exact) mass is 222 g/mol. The van der Waals surface area contributed by atoms with Gasteiger partial charge in [0.1, 0.15) is 6.23 Å². The van der Waals surface area contributed by atoms with Crippen LogP contribution in [-0.4, -0.2) is 35.0 Å². The van der Waals surface area contributed by atoms with Gasteiger partial charge >= 0.3 is 0 Å². The predicted molar refractivity (Wildman–Crippen MR) is 56.4 cm³/mol. The lowest BCUT2D eigenvalue weighted by atomic mass is 9.85. The van der Waals surface area contributed by atoms with Crippen molar-refractivity contribution in [2.45, 2.75) is 32.0 Å². The molecule has 0 radical (unpaired) electrons. The lowest BCUT2D eigenvalue weighted by molar-refractivity contribution is -0.134. The molecule has 86 valence electrons. The Balaban J connectivity index is 2.07. The van der Waals surface area contributed by atoms with Crippen LogP contribution in [0.1, 0.15) is 21.6 Å². The van der Waals surface area contributed by atoms with Crippen LogP contribution in [0.15, 0.2) is 12.2 Å². The molecule has 2 saturated heterocycles. The van der Waals surface area contributed by atoms with E-state index < -0.39 is 12.1 Å². The number of hydrogen-bond acceptors (Lipinski definition) is 3. The van der Waals surface area contributed by atoms with Crippen LogP contribution in [-0.2, 0) is 14.3 Å². The summed E-state index contributed by atoms with van der Waals surface area (Å²) < 4.78 is 13.9. The van der Waals surface area contributed by atoms with E-state index in [1.54, 1.807) is 4.90 Å². The zero-order valence-corrected chi connectivity index (χ0v) is 9.40. The van der Waals surface area contributed by atoms with Crippen LogP contribution in [0.5, 0.6) is 0 Å². The fourth-order valence-corrected chi connectivity index (χ4v) is 2.79. The fourth-order valence-electron chi connectivity index (χ4n) is 2.79. The van der Waals surface area contributed by atoms with Gasteiger partial charge in [0.05, 0.1) is 18.0 Å². The molecule has 4 heteroatoms. The van der Waals surface area contributed by atoms with Crippen molar-refractivity contribution < 1.29 is 15.7 Å². The predicted octanol–water partition coefficient (Wildman–Crippen LogP) is 0.725. The Kier molecular flexibility index (Phi) is 1.64. The first-order valence-corrected chi connectivity index (χ1v) is 5.54. The van der Waals surface area contributed by atoms with Crippen molar-refractivity contribution in [3.05, 3.63) is 12.2 Å². The number of carbonyl (C=O) groups excluding carboxylic acids is 2. The molecule has 0 saturated carbocycles. The van der Waals surface area contributed by atoms with Crippen LogP contribution < -0.4 is 0 Å². The SMILES string of the molecule is [2H][C@@]12C=CC(=O)C[C@@H]1[C@H]1OCC(C)(C)N1C2=O. The van der Waals surface area contributed by atoms with E-state index in [0.717, 1.165) is 0 Å². The van der Waals surface area contributed by atoms with Gasteiger partial charge < -0.3 is 9.64 Å². The van der Waals surface area contributed by atoms with Gasteiger partial charge in [-0.1, -0.05) is 6.08 Å². The summed E-state index contributed by atoms with van der Waals surface area (Å²) in [5, 5.41) is 0. The number of hydrogen-bond donors (Lipinski definition) is 0. The molecule has 0 bridgehead atoms. The number of carbonyl (C=O) groups is 2. The molecule has 0 unspecified atom stereocenters. The van der Waals surface area contributed by atoms with Gasteiger partial charge in [0.25, 0.3) is 0 Å². The molecule has 3 aliphatic rings. The molecule has 0 aromatic heterocycles. The highest BCUT2D eigenvalue weighted by Gasteiger charge is 2.57. The van der Waals surface area contributed by atoms with Crippen molar-refractivity contribution >= 4 is 11.7 Å². The van der Waals surface area contributed by atoms with Gasteiger partial charge in [-0.3, -0.25) is 9.59 Å². The smallest absolute Gasteiger partial charge is 0.232 e. The fraction of sp³-hybridized carbons (Fsp3) is 0.667. The molecule has 16 heavy (non-hydrogen) atoms. The summed E-state index contributed by atoms with van der Waals surface area (Å²) in [5.41, 5.74) is -0.385. The molecular formula is C12H15NO3. The van der Waals surface area contributed by atoms with E-state index >= 15 is 0 Å². The first-order valence-electron chi connectivity index (χ1n) is 6.04. The largest absolute Gasteiger partial charge is 0.356 e. The van der Waals surface area contributed by atoms with Gasteiger partial charge in [-0.2, -0.15) is 0 Å². The second-order valence-corrected chi connectivity index (χ2v) is 5.25. The van der Waals surface area contributed by atoms with Gasteiger partial charge in [0, 0.05) is 13.7 Å². The van der Waals surface area contributed by atoms with Gasteiger partial charge in [0.2, 0.25) is 5.91 Å². The minimum absolute atomic E-state index is 0.0270. The topological polar surface area (TPSA) is 46.6 Å². The van der Waals surface area contributed by atoms with E-state index in [0.29, 0.717) is 6.61 Å². The van der Waals surface area contributed by atoms with Crippen LogP contribution in [0.25, 0.3) is 0 Å². The highest BCUT2D eigenvalue weighted by Crippen LogP contribution is 2.44. The zero-order chi connectivity index (χ0) is 12.4. The van der Waals surface area contributed by atoms with E-state index in [-0.39, 0.29) is 29.6 Å². The van der Waals surface area contributed by atoms with Crippen molar-refractivity contribution in [2.24, 2.45) is 11.8 Å². The molecule has 2 heterocycles. The molecule has 0 aromatic carbocycles. The third-order valence-electron chi connectivity index (χ3n) is 3.59. The molecule has 0 N–H and O–H groups in total. The maximum atomic E-state index is 12.4. The maximum absolute atomic E-state index is 12.4. The van der Waals surface area contributed by atoms with Gasteiger partial charge in [-0.25, -0.2) is 0 Å². The summed E-state index contributed by atoms with van der Waals surface area (Å²) in [6.45, 7) is 4.32. The number of allylic oxidation sites excluding steroid dienone is 1. The lowest BCUT2D eigenvalue weighted by Crippen LogP contribution is -2.44. The van der Waals surface area contributed by atoms with E-state index in [1.165, 1.54) is 12.2 Å². The Morgan fingerprint density at radius 1 is 1.56 bits per heavy atom. The van der Waals surface area contributed by atoms with Crippen molar-refractivity contribution in [1.82, 2.24) is 4.90 Å². The quantitative estimate of drug-likeness (QED) is 0.607. The Bertz CT molecular complexity index is 445. The van der Waals surface area contributed by atoms with Crippen LogP contribution >= 0.6 is 0 Å². The molecule has 1 amide bonds. The Labute approximate surface area is 95.6 Å². The first-order chi connectivity index (χ1) is 7.86. The van der Waals surface area contributed by atoms with Crippen molar-refractivity contribution in [3.63, 3.8) is 0 Å². The summed E-state index contributed by atoms with van der Waals surface area (Å²) in [7, 11) is 0. The van der Waals surface area contributed by atoms with Gasteiger partial charge in [-0.05, 0) is 19.9 Å². The maximum Gasteiger partial charge on any atom is 0.232 e. The highest BCUT2D eigenvalue weighted by molar-refractivity contribution is 5.95. The van der Waals surface area contributed by atoms with Crippen LogP contribution in [0.3, 0.4) is 0 Å². The van der Waals surface area contributed by atoms with Crippen molar-refractivity contribution in [2.75, 3.05) is 6.61 Å². The molecule has 4 nitrogen and oxygen atoms in total. The highest BCUT2D eigenvalue weighted by atomic mass is 16.5. The normalized spacial score (nSPS) is 45.6. The Hall–Kier alpha value is -1.16. The number of amides is 1. The molecule has 0 spiro atoms. The lowest BCUT2D eigenvalue weighted by Gasteiger charge is -2.28. The van der Waals surface area contributed by atoms with Crippen LogP contribution in [0.4, 0.5) is 0 Å². The first kappa shape index (κ1) is 8.93. The van der Waals surface area contributed by atoms with Crippen molar-refractivity contribution in [1.29, 1.82) is 0 Å². The molecule has 3 atom stereocenters. The summed E-state index contributed by atoms with van der Waals surface area (Å²) in [6.07, 6.45) is 2.60. The molecule has 2 fully saturated rings. The van der Waals surface area contributed by atoms with E-state index in [9.17, 15) is 9.59 Å². The molecule has 3 rings (SSSR count). The summed E-state index contributed by atoms with van der Waals surface area (Å²) in [5.74, 6) is -1.94. The Morgan fingerprint density at radius 3 is 3.06 bits per heavy atom. The minimum Gasteiger partial charge on any atom is -0.356 e. The molecular weight excluding hydrogens is 206 g/mol. The number of fused-ring (bicyclic) bond motifs is 3. The van der Waals surface area contributed by atoms with E-state index in [1.807, 2.05) is 13.8 Å². The average molecular weight is 222 g/mol. The van der Waals surface area contributed by atoms with Gasteiger partial charge in [0.15, 0.2) is 5.78 Å². The number of ketones is 1. The third-order valence-corrected chi connectivity index (χ3v) is 3.59. The summed E-state index contributed by atoms with van der Waals surface area (Å²) in [4.78, 5) is 25.5. The van der Waals surface area contributed by atoms with E-state index in [2.05, 4.69) is 0 Å². The average Bonchev–Trinajstić information content (AvgIpc) is 2.66. The van der Waals surface area contributed by atoms with Crippen LogP contribution in [0.2, 0.25) is 0 Å². The zero-order valence-electron chi connectivity index (χ0n) is 10.4. The number of ether oxygens (including phenoxy) is 1. The second kappa shape index (κ2) is 2.94. The number of nitrogens with zero attached hydrogens (tertiary/aromatic N) is 1. The van der Waals surface area contributed by atoms with E-state index in [4.69, 9.17) is 6.11 Å². The second-order valence-electron chi connectivity index (χ2n) is 5.25. The minimum atomic E-state index is -1.31. The molecule has 0 aromatic rings. The molecule has 1 aliphatic carbocycles. The molecule has 2 aliphatic heterocycles. The van der Waals surface area contributed by atoms with Crippen molar-refractivity contribution in [3.8, 4) is 0 Å². The Morgan fingerprint density at radius 2 is 2.31 bits per heavy atom. The number of rotatable bonds is 0.